The van der Waals surface area contributed by atoms with E-state index in [1.54, 1.807) is 12.4 Å². The highest BCUT2D eigenvalue weighted by atomic mass is 32.2. The molecule has 0 spiro atoms. The third-order valence-electron chi connectivity index (χ3n) is 2.08. The Bertz CT molecular complexity index is 597. The Morgan fingerprint density at radius 3 is 2.83 bits per heavy atom. The number of hydrogen-bond donors (Lipinski definition) is 2. The number of H-pyrrole nitrogens is 1. The Kier molecular flexibility index (Phi) is 3.28. The van der Waals surface area contributed by atoms with E-state index in [2.05, 4.69) is 9.97 Å². The minimum absolute atomic E-state index is 0.337. The van der Waals surface area contributed by atoms with Crippen LogP contribution in [0.1, 0.15) is 10.4 Å². The van der Waals surface area contributed by atoms with Gasteiger partial charge in [-0.1, -0.05) is 11.8 Å². The summed E-state index contributed by atoms with van der Waals surface area (Å²) >= 11 is 1.19. The zero-order valence-electron chi connectivity index (χ0n) is 8.86. The summed E-state index contributed by atoms with van der Waals surface area (Å²) in [6, 6.07) is 3.92. The maximum atomic E-state index is 10.9. The van der Waals surface area contributed by atoms with Gasteiger partial charge in [0.2, 0.25) is 0 Å². The molecule has 0 atom stereocenters. The van der Waals surface area contributed by atoms with Crippen LogP contribution in [-0.4, -0.2) is 26.0 Å². The molecule has 2 N–H and O–H groups in total. The number of carboxylic acids is 1. The number of aromatic nitrogens is 2. The number of aromatic amines is 1. The molecule has 7 nitrogen and oxygen atoms in total. The van der Waals surface area contributed by atoms with Gasteiger partial charge in [0.1, 0.15) is 5.56 Å². The second-order valence-electron chi connectivity index (χ2n) is 3.24. The van der Waals surface area contributed by atoms with Crippen LogP contribution in [0.2, 0.25) is 0 Å². The number of nitro groups is 1. The monoisotopic (exact) mass is 265 g/mol. The molecule has 0 radical (unpaired) electrons. The molecule has 0 aliphatic heterocycles. The molecule has 0 fully saturated rings. The molecule has 92 valence electrons. The molecule has 2 aromatic rings. The number of nitrogens with zero attached hydrogens (tertiary/aromatic N) is 2. The lowest BCUT2D eigenvalue weighted by Crippen LogP contribution is -2.02. The first-order chi connectivity index (χ1) is 8.58. The number of rotatable bonds is 4. The highest BCUT2D eigenvalue weighted by Crippen LogP contribution is 2.29. The molecular weight excluding hydrogens is 258 g/mol. The standard InChI is InChI=1S/C10H7N3O4S/c14-9(15)7-5-6(1-2-8(7)13(16)17)18-10-11-3-4-12-10/h1-5H,(H,11,12)(H,14,15). The van der Waals surface area contributed by atoms with Crippen LogP contribution < -0.4 is 0 Å². The van der Waals surface area contributed by atoms with E-state index >= 15 is 0 Å². The van der Waals surface area contributed by atoms with Gasteiger partial charge in [-0.05, 0) is 12.1 Å². The van der Waals surface area contributed by atoms with Crippen LogP contribution in [0.5, 0.6) is 0 Å². The lowest BCUT2D eigenvalue weighted by atomic mass is 10.2. The quantitative estimate of drug-likeness (QED) is 0.647. The third kappa shape index (κ3) is 2.48. The van der Waals surface area contributed by atoms with Gasteiger partial charge in [0, 0.05) is 23.4 Å². The van der Waals surface area contributed by atoms with Gasteiger partial charge in [-0.3, -0.25) is 10.1 Å². The first kappa shape index (κ1) is 12.1. The van der Waals surface area contributed by atoms with Crippen LogP contribution >= 0.6 is 11.8 Å². The molecule has 1 aromatic carbocycles. The van der Waals surface area contributed by atoms with Gasteiger partial charge in [-0.15, -0.1) is 0 Å². The molecule has 0 unspecified atom stereocenters. The number of nitro benzene ring substituents is 1. The van der Waals surface area contributed by atoms with Crippen molar-refractivity contribution in [2.45, 2.75) is 10.1 Å². The number of carbonyl (C=O) groups is 1. The van der Waals surface area contributed by atoms with Crippen molar-refractivity contribution in [1.29, 1.82) is 0 Å². The topological polar surface area (TPSA) is 109 Å². The van der Waals surface area contributed by atoms with E-state index in [9.17, 15) is 14.9 Å². The minimum Gasteiger partial charge on any atom is -0.477 e. The van der Waals surface area contributed by atoms with Gasteiger partial charge in [0.25, 0.3) is 5.69 Å². The van der Waals surface area contributed by atoms with Crippen molar-refractivity contribution in [3.05, 3.63) is 46.3 Å². The molecule has 0 aliphatic carbocycles. The molecule has 1 aromatic heterocycles. The number of hydrogen-bond acceptors (Lipinski definition) is 5. The number of carboxylic acid groups (broad SMARTS) is 1. The van der Waals surface area contributed by atoms with E-state index in [-0.39, 0.29) is 5.56 Å². The van der Waals surface area contributed by atoms with E-state index in [1.165, 1.54) is 30.0 Å². The maximum Gasteiger partial charge on any atom is 0.342 e. The number of benzene rings is 1. The zero-order chi connectivity index (χ0) is 13.1. The SMILES string of the molecule is O=C(O)c1cc(Sc2ncc[nH]2)ccc1[N+](=O)[O-]. The fourth-order valence-electron chi connectivity index (χ4n) is 1.33. The molecular formula is C10H7N3O4S. The molecule has 18 heavy (non-hydrogen) atoms. The smallest absolute Gasteiger partial charge is 0.342 e. The summed E-state index contributed by atoms with van der Waals surface area (Å²) < 4.78 is 0. The number of aromatic carboxylic acids is 1. The van der Waals surface area contributed by atoms with Crippen LogP contribution in [0, 0.1) is 10.1 Å². The predicted molar refractivity (Wildman–Crippen MR) is 62.8 cm³/mol. The Hall–Kier alpha value is -2.35. The van der Waals surface area contributed by atoms with Crippen molar-refractivity contribution in [2.24, 2.45) is 0 Å². The second kappa shape index (κ2) is 4.88. The summed E-state index contributed by atoms with van der Waals surface area (Å²) in [6.45, 7) is 0. The van der Waals surface area contributed by atoms with Crippen molar-refractivity contribution in [1.82, 2.24) is 9.97 Å². The maximum absolute atomic E-state index is 10.9. The van der Waals surface area contributed by atoms with E-state index in [1.807, 2.05) is 0 Å². The van der Waals surface area contributed by atoms with Crippen LogP contribution in [0.3, 0.4) is 0 Å². The van der Waals surface area contributed by atoms with Crippen LogP contribution in [0.4, 0.5) is 5.69 Å². The molecule has 0 bridgehead atoms. The molecule has 0 amide bonds. The first-order valence-electron chi connectivity index (χ1n) is 4.77. The summed E-state index contributed by atoms with van der Waals surface area (Å²) in [6.07, 6.45) is 3.19. The van der Waals surface area contributed by atoms with Crippen molar-refractivity contribution in [3.8, 4) is 0 Å². The Morgan fingerprint density at radius 2 is 2.28 bits per heavy atom. The fraction of sp³-hybridized carbons (Fsp3) is 0. The first-order valence-corrected chi connectivity index (χ1v) is 5.58. The van der Waals surface area contributed by atoms with E-state index in [0.717, 1.165) is 0 Å². The lowest BCUT2D eigenvalue weighted by molar-refractivity contribution is -0.385. The third-order valence-corrected chi connectivity index (χ3v) is 2.99. The Labute approximate surface area is 105 Å². The van der Waals surface area contributed by atoms with Gasteiger partial charge >= 0.3 is 5.97 Å². The van der Waals surface area contributed by atoms with Crippen molar-refractivity contribution in [3.63, 3.8) is 0 Å². The Morgan fingerprint density at radius 1 is 1.50 bits per heavy atom. The fourth-order valence-corrected chi connectivity index (χ4v) is 2.10. The summed E-state index contributed by atoms with van der Waals surface area (Å²) in [5.74, 6) is -1.33. The Balaban J connectivity index is 2.37. The highest BCUT2D eigenvalue weighted by molar-refractivity contribution is 7.99. The van der Waals surface area contributed by atoms with Crippen LogP contribution in [0.15, 0.2) is 40.6 Å². The predicted octanol–water partition coefficient (Wildman–Crippen LogP) is 2.17. The average Bonchev–Trinajstić information content (AvgIpc) is 2.81. The van der Waals surface area contributed by atoms with E-state index in [0.29, 0.717) is 10.1 Å². The summed E-state index contributed by atoms with van der Waals surface area (Å²) in [5.41, 5.74) is -0.761. The number of imidazole rings is 1. The van der Waals surface area contributed by atoms with Crippen LogP contribution in [0.25, 0.3) is 0 Å². The molecule has 1 heterocycles. The van der Waals surface area contributed by atoms with Gasteiger partial charge in [0.15, 0.2) is 5.16 Å². The number of nitrogens with one attached hydrogen (secondary N) is 1. The zero-order valence-corrected chi connectivity index (χ0v) is 9.68. The van der Waals surface area contributed by atoms with Gasteiger partial charge in [-0.2, -0.15) is 0 Å². The summed E-state index contributed by atoms with van der Waals surface area (Å²) in [5, 5.41) is 20.2. The van der Waals surface area contributed by atoms with E-state index in [4.69, 9.17) is 5.11 Å². The van der Waals surface area contributed by atoms with Gasteiger partial charge in [-0.25, -0.2) is 9.78 Å². The summed E-state index contributed by atoms with van der Waals surface area (Å²) in [4.78, 5) is 28.3. The largest absolute Gasteiger partial charge is 0.477 e. The lowest BCUT2D eigenvalue weighted by Gasteiger charge is -2.01. The second-order valence-corrected chi connectivity index (χ2v) is 4.30. The summed E-state index contributed by atoms with van der Waals surface area (Å²) in [7, 11) is 0. The van der Waals surface area contributed by atoms with Crippen molar-refractivity contribution in [2.75, 3.05) is 0 Å². The molecule has 0 saturated heterocycles. The highest BCUT2D eigenvalue weighted by Gasteiger charge is 2.20. The molecule has 0 aliphatic rings. The normalized spacial score (nSPS) is 10.2. The molecule has 0 saturated carbocycles. The van der Waals surface area contributed by atoms with Crippen molar-refractivity contribution < 1.29 is 14.8 Å². The minimum atomic E-state index is -1.33. The van der Waals surface area contributed by atoms with Crippen LogP contribution in [-0.2, 0) is 0 Å². The van der Waals surface area contributed by atoms with E-state index < -0.39 is 16.6 Å². The molecule has 8 heteroatoms. The molecule has 2 rings (SSSR count). The van der Waals surface area contributed by atoms with Gasteiger partial charge < -0.3 is 10.1 Å². The average molecular weight is 265 g/mol. The van der Waals surface area contributed by atoms with Crippen molar-refractivity contribution >= 4 is 23.4 Å². The van der Waals surface area contributed by atoms with Gasteiger partial charge in [0.05, 0.1) is 4.92 Å².